The highest BCUT2D eigenvalue weighted by Gasteiger charge is 2.34. The molecule has 0 spiro atoms. The van der Waals surface area contributed by atoms with Gasteiger partial charge in [-0.15, -0.1) is 0 Å². The van der Waals surface area contributed by atoms with Crippen LogP contribution in [0, 0.1) is 12.7 Å². The van der Waals surface area contributed by atoms with Crippen molar-refractivity contribution < 1.29 is 18.8 Å². The number of amides is 3. The number of piperidine rings is 1. The van der Waals surface area contributed by atoms with Gasteiger partial charge in [0.15, 0.2) is 0 Å². The lowest BCUT2D eigenvalue weighted by molar-refractivity contribution is -0.135. The van der Waals surface area contributed by atoms with Crippen LogP contribution >= 0.6 is 0 Å². The topological polar surface area (TPSA) is 155 Å². The maximum Gasteiger partial charge on any atom is 0.329 e. The molecule has 10 rings (SSSR count). The molecule has 3 amide bonds. The summed E-state index contributed by atoms with van der Waals surface area (Å²) in [7, 11) is 7.38. The summed E-state index contributed by atoms with van der Waals surface area (Å²) in [6.45, 7) is 9.94. The van der Waals surface area contributed by atoms with Crippen molar-refractivity contribution in [3.05, 3.63) is 128 Å². The quantitative estimate of drug-likeness (QED) is 0.150. The zero-order valence-corrected chi connectivity index (χ0v) is 41.6. The van der Waals surface area contributed by atoms with Crippen molar-refractivity contribution in [3.63, 3.8) is 0 Å². The van der Waals surface area contributed by atoms with Gasteiger partial charge in [0.25, 0.3) is 11.5 Å². The highest BCUT2D eigenvalue weighted by atomic mass is 19.1. The smallest absolute Gasteiger partial charge is 0.329 e. The minimum Gasteiger partial charge on any atom is -0.388 e. The third-order valence-corrected chi connectivity index (χ3v) is 16.0. The highest BCUT2D eigenvalue weighted by molar-refractivity contribution is 6.00. The SMILES string of the molecule is CNc1ccn(-c2ccnc3c2cc([C@H](C)N2CC=C(c4c(C)cc(C(=O)N(C)C5CCC(N6CCN(Cc7ccc8c(c7)n(C)c(=O)n8C7CCC(=O)NC7=O)CC6)CC5)cc4F)CC2)n3C)c(=O)c1. The van der Waals surface area contributed by atoms with E-state index in [4.69, 9.17) is 0 Å². The van der Waals surface area contributed by atoms with E-state index >= 15 is 4.39 Å². The molecule has 0 bridgehead atoms. The second-order valence-electron chi connectivity index (χ2n) is 20.1. The van der Waals surface area contributed by atoms with E-state index in [-0.39, 0.29) is 47.4 Å². The fourth-order valence-electron chi connectivity index (χ4n) is 11.9. The number of nitrogens with one attached hydrogen (secondary N) is 2. The van der Waals surface area contributed by atoms with E-state index in [9.17, 15) is 24.0 Å². The molecule has 2 saturated heterocycles. The Morgan fingerprint density at radius 1 is 0.901 bits per heavy atom. The lowest BCUT2D eigenvalue weighted by Gasteiger charge is -2.43. The normalized spacial score (nSPS) is 21.1. The maximum absolute atomic E-state index is 16.2. The average Bonchev–Trinajstić information content (AvgIpc) is 3.84. The molecule has 16 nitrogen and oxygen atoms in total. The number of carbonyl (C=O) groups is 3. The molecule has 4 aromatic heterocycles. The van der Waals surface area contributed by atoms with Crippen molar-refractivity contribution in [2.75, 3.05) is 58.7 Å². The van der Waals surface area contributed by atoms with Gasteiger partial charge >= 0.3 is 5.69 Å². The van der Waals surface area contributed by atoms with Crippen molar-refractivity contribution in [1.29, 1.82) is 0 Å². The minimum atomic E-state index is -0.705. The molecule has 0 radical (unpaired) electrons. The van der Waals surface area contributed by atoms with Crippen molar-refractivity contribution in [2.45, 2.75) is 89.5 Å². The van der Waals surface area contributed by atoms with Gasteiger partial charge in [-0.1, -0.05) is 12.1 Å². The number of aryl methyl sites for hydroxylation is 3. The summed E-state index contributed by atoms with van der Waals surface area (Å²) >= 11 is 0. The Hall–Kier alpha value is -6.69. The predicted octanol–water partition coefficient (Wildman–Crippen LogP) is 5.90. The first-order chi connectivity index (χ1) is 34.2. The fourth-order valence-corrected chi connectivity index (χ4v) is 11.9. The van der Waals surface area contributed by atoms with Gasteiger partial charge in [-0.25, -0.2) is 14.2 Å². The Morgan fingerprint density at radius 3 is 2.37 bits per heavy atom. The lowest BCUT2D eigenvalue weighted by atomic mass is 9.88. The van der Waals surface area contributed by atoms with Crippen LogP contribution in [-0.2, 0) is 30.2 Å². The first-order valence-electron chi connectivity index (χ1n) is 25.0. The van der Waals surface area contributed by atoms with Crippen LogP contribution in [0.2, 0.25) is 0 Å². The number of piperazine rings is 1. The molecule has 2 atom stereocenters. The number of nitrogens with zero attached hydrogens (tertiary/aromatic N) is 9. The largest absolute Gasteiger partial charge is 0.388 e. The molecule has 6 aromatic rings. The summed E-state index contributed by atoms with van der Waals surface area (Å²) in [6.07, 6.45) is 10.6. The summed E-state index contributed by atoms with van der Waals surface area (Å²) in [6, 6.07) is 16.6. The van der Waals surface area contributed by atoms with E-state index in [1.165, 1.54) is 10.6 Å². The van der Waals surface area contributed by atoms with Gasteiger partial charge in [0, 0.05) is 145 Å². The van der Waals surface area contributed by atoms with Crippen LogP contribution in [0.5, 0.6) is 0 Å². The Labute approximate surface area is 412 Å². The molecule has 2 aromatic carbocycles. The summed E-state index contributed by atoms with van der Waals surface area (Å²) in [5.74, 6) is -1.25. The van der Waals surface area contributed by atoms with Crippen molar-refractivity contribution >= 4 is 51.0 Å². The van der Waals surface area contributed by atoms with Crippen molar-refractivity contribution in [1.82, 2.24) is 48.2 Å². The van der Waals surface area contributed by atoms with Gasteiger partial charge in [0.1, 0.15) is 17.5 Å². The Balaban J connectivity index is 0.721. The molecule has 1 unspecified atom stereocenters. The van der Waals surface area contributed by atoms with E-state index in [0.717, 1.165) is 115 Å². The van der Waals surface area contributed by atoms with E-state index < -0.39 is 11.9 Å². The van der Waals surface area contributed by atoms with E-state index in [1.807, 2.05) is 62.3 Å². The number of anilines is 1. The molecule has 71 heavy (non-hydrogen) atoms. The van der Waals surface area contributed by atoms with Crippen LogP contribution in [0.3, 0.4) is 0 Å². The molecular formula is C54H64FN11O5. The Kier molecular flexibility index (Phi) is 13.2. The number of carbonyl (C=O) groups excluding carboxylic acids is 3. The number of halogens is 1. The second-order valence-corrected chi connectivity index (χ2v) is 20.1. The van der Waals surface area contributed by atoms with Crippen LogP contribution < -0.4 is 21.9 Å². The Morgan fingerprint density at radius 2 is 1.68 bits per heavy atom. The van der Waals surface area contributed by atoms with Gasteiger partial charge in [-0.3, -0.25) is 52.9 Å². The molecule has 372 valence electrons. The number of benzene rings is 2. The summed E-state index contributed by atoms with van der Waals surface area (Å²) < 4.78 is 23.0. The number of fused-ring (bicyclic) bond motifs is 2. The van der Waals surface area contributed by atoms with Crippen LogP contribution in [0.15, 0.2) is 82.7 Å². The number of hydrogen-bond acceptors (Lipinski definition) is 10. The number of rotatable bonds is 11. The van der Waals surface area contributed by atoms with Gasteiger partial charge in [0.05, 0.1) is 16.7 Å². The van der Waals surface area contributed by atoms with E-state index in [2.05, 4.69) is 54.0 Å². The second kappa shape index (κ2) is 19.5. The molecule has 17 heteroatoms. The third-order valence-electron chi connectivity index (χ3n) is 16.0. The number of imidazole rings is 1. The average molecular weight is 966 g/mol. The van der Waals surface area contributed by atoms with E-state index in [0.29, 0.717) is 42.1 Å². The monoisotopic (exact) mass is 966 g/mol. The van der Waals surface area contributed by atoms with Crippen LogP contribution in [0.1, 0.15) is 96.7 Å². The zero-order chi connectivity index (χ0) is 49.8. The highest BCUT2D eigenvalue weighted by Crippen LogP contribution is 2.35. The Bertz CT molecular complexity index is 3200. The number of hydrogen-bond donors (Lipinski definition) is 2. The molecule has 2 N–H and O–H groups in total. The summed E-state index contributed by atoms with van der Waals surface area (Å²) in [5, 5.41) is 6.29. The fraction of sp³-hybridized carbons (Fsp3) is 0.444. The van der Waals surface area contributed by atoms with E-state index in [1.54, 1.807) is 41.7 Å². The maximum atomic E-state index is 16.2. The van der Waals surface area contributed by atoms with Gasteiger partial charge < -0.3 is 14.8 Å². The molecule has 1 saturated carbocycles. The minimum absolute atomic E-state index is 0.0282. The summed E-state index contributed by atoms with van der Waals surface area (Å²) in [5.41, 5.74) is 8.24. The van der Waals surface area contributed by atoms with Crippen molar-refractivity contribution in [2.24, 2.45) is 14.1 Å². The number of aromatic nitrogens is 5. The molecule has 4 aliphatic rings. The number of pyridine rings is 2. The first-order valence-corrected chi connectivity index (χ1v) is 25.0. The number of imide groups is 1. The zero-order valence-electron chi connectivity index (χ0n) is 41.6. The molecule has 1 aliphatic carbocycles. The lowest BCUT2D eigenvalue weighted by Crippen LogP contribution is -2.52. The van der Waals surface area contributed by atoms with Gasteiger partial charge in [0.2, 0.25) is 11.8 Å². The molecule has 7 heterocycles. The molecular weight excluding hydrogens is 902 g/mol. The first kappa shape index (κ1) is 48.0. The van der Waals surface area contributed by atoms with Gasteiger partial charge in [-0.05, 0) is 112 Å². The van der Waals surface area contributed by atoms with Crippen molar-refractivity contribution in [3.8, 4) is 5.69 Å². The molecule has 3 fully saturated rings. The van der Waals surface area contributed by atoms with Crippen LogP contribution in [0.4, 0.5) is 10.1 Å². The molecule has 3 aliphatic heterocycles. The standard InChI is InChI=1S/C54H64FN11O5/c1-33-27-37(29-42(55)50(33)36-16-20-63(21-17-36)34(2)46-31-41-43(15-19-57-51(41)60(46)5)65-22-18-38(56-3)30-49(65)68)53(70)59(4)39-8-10-40(11-9-39)64-25-23-62(24-26-64)32-35-7-12-44-47(28-35)61(6)54(71)66(44)45-13-14-48(67)58-52(45)69/h7,12,15-16,18-19,22,27-31,34,39-40,45,56H,8-11,13-14,17,20-21,23-26,32H2,1-6H3,(H,58,67,69)/t34-,39?,40?,45?/m0/s1. The third kappa shape index (κ3) is 9.03. The van der Waals surface area contributed by atoms with Crippen LogP contribution in [-0.4, -0.2) is 126 Å². The van der Waals surface area contributed by atoms with Gasteiger partial charge in [-0.2, -0.15) is 0 Å². The van der Waals surface area contributed by atoms with Crippen LogP contribution in [0.25, 0.3) is 33.3 Å². The summed E-state index contributed by atoms with van der Waals surface area (Å²) in [4.78, 5) is 78.5. The predicted molar refractivity (Wildman–Crippen MR) is 273 cm³/mol.